The number of aliphatic hydroxyl groups is 1. The number of nitrogens with one attached hydrogen (secondary N) is 1. The molecule has 0 saturated carbocycles. The van der Waals surface area contributed by atoms with Gasteiger partial charge in [-0.3, -0.25) is 5.10 Å². The van der Waals surface area contributed by atoms with Crippen LogP contribution in [0.25, 0.3) is 21.8 Å². The van der Waals surface area contributed by atoms with Crippen molar-refractivity contribution < 1.29 is 9.50 Å². The summed E-state index contributed by atoms with van der Waals surface area (Å²) in [6.07, 6.45) is 1.00. The first-order valence-electron chi connectivity index (χ1n) is 6.09. The quantitative estimate of drug-likeness (QED) is 0.777. The second kappa shape index (κ2) is 5.15. The van der Waals surface area contributed by atoms with Gasteiger partial charge in [-0.2, -0.15) is 5.10 Å². The van der Waals surface area contributed by atoms with E-state index >= 15 is 0 Å². The van der Waals surface area contributed by atoms with Gasteiger partial charge in [0.05, 0.1) is 10.6 Å². The lowest BCUT2D eigenvalue weighted by atomic mass is 10.1. The van der Waals surface area contributed by atoms with E-state index in [-0.39, 0.29) is 5.82 Å². The minimum absolute atomic E-state index is 0.280. The minimum atomic E-state index is -0.643. The van der Waals surface area contributed by atoms with E-state index in [0.717, 1.165) is 21.8 Å². The van der Waals surface area contributed by atoms with Crippen LogP contribution in [-0.4, -0.2) is 20.3 Å². The van der Waals surface area contributed by atoms with Gasteiger partial charge >= 0.3 is 0 Å². The van der Waals surface area contributed by atoms with Crippen molar-refractivity contribution >= 4 is 11.3 Å². The molecule has 0 amide bonds. The van der Waals surface area contributed by atoms with Crippen LogP contribution in [0.4, 0.5) is 4.39 Å². The predicted molar refractivity (Wildman–Crippen MR) is 75.7 cm³/mol. The Morgan fingerprint density at radius 2 is 2.00 bits per heavy atom. The lowest BCUT2D eigenvalue weighted by Crippen LogP contribution is -1.89. The van der Waals surface area contributed by atoms with Crippen LogP contribution >= 0.6 is 11.3 Å². The van der Waals surface area contributed by atoms with Gasteiger partial charge in [-0.05, 0) is 30.7 Å². The molecular weight excluding hydrogens is 277 g/mol. The van der Waals surface area contributed by atoms with Crippen molar-refractivity contribution in [3.8, 4) is 21.8 Å². The van der Waals surface area contributed by atoms with E-state index in [4.69, 9.17) is 0 Å². The van der Waals surface area contributed by atoms with Crippen LogP contribution in [-0.2, 0) is 0 Å². The molecule has 2 heterocycles. The fraction of sp³-hybridized carbons (Fsp3) is 0.143. The third-order valence-corrected chi connectivity index (χ3v) is 4.14. The highest BCUT2D eigenvalue weighted by Crippen LogP contribution is 2.37. The second-order valence-electron chi connectivity index (χ2n) is 4.38. The van der Waals surface area contributed by atoms with E-state index in [1.807, 2.05) is 6.07 Å². The lowest BCUT2D eigenvalue weighted by molar-refractivity contribution is 0.199. The maximum atomic E-state index is 13.0. The van der Waals surface area contributed by atoms with Crippen LogP contribution in [0.5, 0.6) is 0 Å². The minimum Gasteiger partial charge on any atom is -0.386 e. The van der Waals surface area contributed by atoms with Crippen molar-refractivity contribution in [1.29, 1.82) is 0 Å². The second-order valence-corrected chi connectivity index (χ2v) is 5.41. The first-order chi connectivity index (χ1) is 9.65. The lowest BCUT2D eigenvalue weighted by Gasteiger charge is -2.00. The molecular formula is C14H12FN3OS. The summed E-state index contributed by atoms with van der Waals surface area (Å²) in [5.74, 6) is -0.280. The zero-order valence-electron chi connectivity index (χ0n) is 10.7. The molecule has 3 aromatic rings. The van der Waals surface area contributed by atoms with Gasteiger partial charge in [0.25, 0.3) is 0 Å². The zero-order valence-corrected chi connectivity index (χ0v) is 11.5. The van der Waals surface area contributed by atoms with Gasteiger partial charge in [0, 0.05) is 6.20 Å². The third-order valence-electron chi connectivity index (χ3n) is 2.86. The molecule has 0 aliphatic heterocycles. The Morgan fingerprint density at radius 3 is 2.60 bits per heavy atom. The largest absolute Gasteiger partial charge is 0.386 e. The smallest absolute Gasteiger partial charge is 0.123 e. The van der Waals surface area contributed by atoms with E-state index in [0.29, 0.717) is 5.01 Å². The highest BCUT2D eigenvalue weighted by molar-refractivity contribution is 7.15. The Bertz CT molecular complexity index is 705. The van der Waals surface area contributed by atoms with Crippen LogP contribution in [0.3, 0.4) is 0 Å². The van der Waals surface area contributed by atoms with Gasteiger partial charge in [-0.1, -0.05) is 12.1 Å². The summed E-state index contributed by atoms with van der Waals surface area (Å²) in [4.78, 5) is 5.33. The number of aromatic amines is 1. The Labute approximate surface area is 118 Å². The van der Waals surface area contributed by atoms with Crippen LogP contribution < -0.4 is 0 Å². The maximum absolute atomic E-state index is 13.0. The summed E-state index contributed by atoms with van der Waals surface area (Å²) in [6, 6.07) is 8.04. The molecule has 2 aromatic heterocycles. The van der Waals surface area contributed by atoms with E-state index in [2.05, 4.69) is 15.2 Å². The zero-order chi connectivity index (χ0) is 14.1. The molecule has 0 fully saturated rings. The summed E-state index contributed by atoms with van der Waals surface area (Å²) >= 11 is 1.39. The number of rotatable bonds is 3. The van der Waals surface area contributed by atoms with Crippen molar-refractivity contribution in [3.05, 3.63) is 47.4 Å². The van der Waals surface area contributed by atoms with Gasteiger partial charge in [-0.25, -0.2) is 9.37 Å². The molecule has 0 bridgehead atoms. The van der Waals surface area contributed by atoms with E-state index in [1.54, 1.807) is 25.3 Å². The molecule has 1 atom stereocenters. The van der Waals surface area contributed by atoms with Crippen LogP contribution in [0.1, 0.15) is 18.0 Å². The molecule has 0 aliphatic rings. The molecule has 6 heteroatoms. The fourth-order valence-corrected chi connectivity index (χ4v) is 2.91. The molecule has 1 unspecified atom stereocenters. The normalized spacial score (nSPS) is 12.6. The molecule has 3 rings (SSSR count). The molecule has 102 valence electrons. The predicted octanol–water partition coefficient (Wildman–Crippen LogP) is 3.39. The summed E-state index contributed by atoms with van der Waals surface area (Å²) in [5, 5.41) is 17.1. The SMILES string of the molecule is CC(O)c1nc(-c2ccn[nH]2)c(-c2ccc(F)cc2)s1. The Balaban J connectivity index is 2.15. The fourth-order valence-electron chi connectivity index (χ4n) is 1.88. The van der Waals surface area contributed by atoms with Crippen LogP contribution in [0.15, 0.2) is 36.5 Å². The maximum Gasteiger partial charge on any atom is 0.123 e. The first-order valence-corrected chi connectivity index (χ1v) is 6.91. The topological polar surface area (TPSA) is 61.8 Å². The Morgan fingerprint density at radius 1 is 1.25 bits per heavy atom. The number of hydrogen-bond acceptors (Lipinski definition) is 4. The molecule has 2 N–H and O–H groups in total. The summed E-state index contributed by atoms with van der Waals surface area (Å²) in [6.45, 7) is 1.67. The van der Waals surface area contributed by atoms with E-state index < -0.39 is 6.10 Å². The molecule has 4 nitrogen and oxygen atoms in total. The Hall–Kier alpha value is -2.05. The van der Waals surface area contributed by atoms with Crippen molar-refractivity contribution in [2.75, 3.05) is 0 Å². The first kappa shape index (κ1) is 13.0. The van der Waals surface area contributed by atoms with E-state index in [9.17, 15) is 9.50 Å². The summed E-state index contributed by atoms with van der Waals surface area (Å²) < 4.78 is 13.0. The van der Waals surface area contributed by atoms with Gasteiger partial charge in [-0.15, -0.1) is 11.3 Å². The number of aliphatic hydroxyl groups excluding tert-OH is 1. The van der Waals surface area contributed by atoms with E-state index in [1.165, 1.54) is 23.5 Å². The van der Waals surface area contributed by atoms with Crippen molar-refractivity contribution in [1.82, 2.24) is 15.2 Å². The van der Waals surface area contributed by atoms with Gasteiger partial charge < -0.3 is 5.11 Å². The van der Waals surface area contributed by atoms with Gasteiger partial charge in [0.2, 0.25) is 0 Å². The standard InChI is InChI=1S/C14H12FN3OS/c1-8(19)14-17-12(11-6-7-16-18-11)13(20-14)9-2-4-10(15)5-3-9/h2-8,19H,1H3,(H,16,18). The number of hydrogen-bond donors (Lipinski definition) is 2. The summed E-state index contributed by atoms with van der Waals surface area (Å²) in [5.41, 5.74) is 2.35. The van der Waals surface area contributed by atoms with Crippen LogP contribution in [0.2, 0.25) is 0 Å². The Kier molecular flexibility index (Phi) is 3.33. The number of halogens is 1. The number of benzene rings is 1. The number of nitrogens with zero attached hydrogens (tertiary/aromatic N) is 2. The monoisotopic (exact) mass is 289 g/mol. The number of H-pyrrole nitrogens is 1. The average Bonchev–Trinajstić information content (AvgIpc) is 3.08. The third kappa shape index (κ3) is 2.35. The molecule has 0 saturated heterocycles. The molecule has 0 radical (unpaired) electrons. The highest BCUT2D eigenvalue weighted by atomic mass is 32.1. The number of thiazole rings is 1. The van der Waals surface area contributed by atoms with Gasteiger partial charge in [0.1, 0.15) is 22.6 Å². The summed E-state index contributed by atoms with van der Waals surface area (Å²) in [7, 11) is 0. The van der Waals surface area contributed by atoms with Crippen molar-refractivity contribution in [3.63, 3.8) is 0 Å². The van der Waals surface area contributed by atoms with Crippen molar-refractivity contribution in [2.24, 2.45) is 0 Å². The van der Waals surface area contributed by atoms with Gasteiger partial charge in [0.15, 0.2) is 0 Å². The molecule has 0 spiro atoms. The van der Waals surface area contributed by atoms with Crippen molar-refractivity contribution in [2.45, 2.75) is 13.0 Å². The average molecular weight is 289 g/mol. The van der Waals surface area contributed by atoms with Crippen LogP contribution in [0, 0.1) is 5.82 Å². The highest BCUT2D eigenvalue weighted by Gasteiger charge is 2.18. The molecule has 1 aromatic carbocycles. The molecule has 20 heavy (non-hydrogen) atoms. The molecule has 0 aliphatic carbocycles. The number of aromatic nitrogens is 3.